The quantitative estimate of drug-likeness (QED) is 0.936. The van der Waals surface area contributed by atoms with Crippen LogP contribution in [-0.2, 0) is 17.6 Å². The van der Waals surface area contributed by atoms with Crippen LogP contribution in [-0.4, -0.2) is 41.4 Å². The predicted octanol–water partition coefficient (Wildman–Crippen LogP) is 2.07. The van der Waals surface area contributed by atoms with E-state index in [0.717, 1.165) is 23.5 Å². The third-order valence-electron chi connectivity index (χ3n) is 3.63. The van der Waals surface area contributed by atoms with E-state index in [2.05, 4.69) is 15.3 Å². The summed E-state index contributed by atoms with van der Waals surface area (Å²) in [5.41, 5.74) is 1.41. The molecule has 0 aliphatic heterocycles. The highest BCUT2D eigenvalue weighted by atomic mass is 32.1. The van der Waals surface area contributed by atoms with Gasteiger partial charge in [0.15, 0.2) is 0 Å². The van der Waals surface area contributed by atoms with Crippen molar-refractivity contribution in [3.63, 3.8) is 0 Å². The van der Waals surface area contributed by atoms with E-state index in [4.69, 9.17) is 0 Å². The number of anilines is 1. The molecule has 1 N–H and O–H groups in total. The summed E-state index contributed by atoms with van der Waals surface area (Å²) in [4.78, 5) is 24.4. The molecule has 5 nitrogen and oxygen atoms in total. The maximum Gasteiger partial charge on any atom is 0.223 e. The van der Waals surface area contributed by atoms with E-state index in [0.29, 0.717) is 13.0 Å². The molecule has 0 spiro atoms. The first kappa shape index (κ1) is 13.3. The van der Waals surface area contributed by atoms with E-state index in [1.807, 2.05) is 0 Å². The summed E-state index contributed by atoms with van der Waals surface area (Å²) >= 11 is 1.78. The fraction of sp³-hybridized carbons (Fsp3) is 0.500. The number of aromatic nitrogens is 2. The second kappa shape index (κ2) is 5.36. The average molecular weight is 290 g/mol. The topological polar surface area (TPSA) is 58.1 Å². The van der Waals surface area contributed by atoms with Crippen molar-refractivity contribution in [1.29, 1.82) is 0 Å². The molecule has 0 bridgehead atoms. The minimum Gasteiger partial charge on any atom is -0.369 e. The Morgan fingerprint density at radius 1 is 1.40 bits per heavy atom. The summed E-state index contributed by atoms with van der Waals surface area (Å²) < 4.78 is 0. The lowest BCUT2D eigenvalue weighted by atomic mass is 10.2. The van der Waals surface area contributed by atoms with Gasteiger partial charge in [-0.05, 0) is 24.8 Å². The third-order valence-corrected chi connectivity index (χ3v) is 4.83. The monoisotopic (exact) mass is 290 g/mol. The van der Waals surface area contributed by atoms with Crippen molar-refractivity contribution in [3.05, 3.63) is 16.8 Å². The van der Waals surface area contributed by atoms with Crippen LogP contribution in [0.5, 0.6) is 0 Å². The number of carbonyl (C=O) groups excluding carboxylic acids is 1. The van der Waals surface area contributed by atoms with E-state index in [9.17, 15) is 4.79 Å². The molecule has 0 saturated carbocycles. The average Bonchev–Trinajstić information content (AvgIpc) is 2.98. The standard InChI is InChI=1S/C14H18N4OS/c1-18(2)11(19)6-7-15-13-12-9-4-3-5-10(9)20-14(12)17-8-16-13/h8H,3-7H2,1-2H3,(H,15,16,17). The molecule has 2 heterocycles. The molecule has 3 rings (SSSR count). The van der Waals surface area contributed by atoms with Crippen LogP contribution in [0.3, 0.4) is 0 Å². The SMILES string of the molecule is CN(C)C(=O)CCNc1ncnc2sc3c(c12)CCC3. The Bertz CT molecular complexity index is 650. The highest BCUT2D eigenvalue weighted by Crippen LogP contribution is 2.38. The predicted molar refractivity (Wildman–Crippen MR) is 81.2 cm³/mol. The van der Waals surface area contributed by atoms with Gasteiger partial charge in [0.2, 0.25) is 5.91 Å². The van der Waals surface area contributed by atoms with Crippen molar-refractivity contribution in [2.45, 2.75) is 25.7 Å². The molecular weight excluding hydrogens is 272 g/mol. The molecule has 106 valence electrons. The van der Waals surface area contributed by atoms with Gasteiger partial charge in [-0.25, -0.2) is 9.97 Å². The van der Waals surface area contributed by atoms with Gasteiger partial charge in [-0.15, -0.1) is 11.3 Å². The summed E-state index contributed by atoms with van der Waals surface area (Å²) in [6, 6.07) is 0. The zero-order valence-electron chi connectivity index (χ0n) is 11.8. The van der Waals surface area contributed by atoms with Crippen LogP contribution in [0.4, 0.5) is 5.82 Å². The number of hydrogen-bond acceptors (Lipinski definition) is 5. The van der Waals surface area contributed by atoms with Crippen molar-refractivity contribution < 1.29 is 4.79 Å². The number of amides is 1. The Balaban J connectivity index is 1.80. The molecule has 2 aromatic heterocycles. The van der Waals surface area contributed by atoms with Gasteiger partial charge in [0.1, 0.15) is 17.0 Å². The van der Waals surface area contributed by atoms with Gasteiger partial charge in [0, 0.05) is 31.9 Å². The Morgan fingerprint density at radius 2 is 2.25 bits per heavy atom. The van der Waals surface area contributed by atoms with Crippen molar-refractivity contribution in [2.24, 2.45) is 0 Å². The van der Waals surface area contributed by atoms with Gasteiger partial charge >= 0.3 is 0 Å². The number of rotatable bonds is 4. The second-order valence-corrected chi connectivity index (χ2v) is 6.31. The summed E-state index contributed by atoms with van der Waals surface area (Å²) in [6.07, 6.45) is 5.59. The molecule has 0 saturated heterocycles. The lowest BCUT2D eigenvalue weighted by molar-refractivity contribution is -0.128. The number of hydrogen-bond donors (Lipinski definition) is 1. The maximum absolute atomic E-state index is 11.6. The number of fused-ring (bicyclic) bond motifs is 3. The summed E-state index contributed by atoms with van der Waals surface area (Å²) in [5, 5.41) is 4.47. The van der Waals surface area contributed by atoms with E-state index in [1.165, 1.54) is 22.2 Å². The Labute approximate surface area is 122 Å². The number of aryl methyl sites for hydroxylation is 2. The number of nitrogens with zero attached hydrogens (tertiary/aromatic N) is 3. The first-order chi connectivity index (χ1) is 9.66. The molecule has 0 fully saturated rings. The summed E-state index contributed by atoms with van der Waals surface area (Å²) in [7, 11) is 3.55. The number of carbonyl (C=O) groups is 1. The van der Waals surface area contributed by atoms with E-state index in [-0.39, 0.29) is 5.91 Å². The van der Waals surface area contributed by atoms with E-state index >= 15 is 0 Å². The number of nitrogens with one attached hydrogen (secondary N) is 1. The smallest absolute Gasteiger partial charge is 0.223 e. The molecular formula is C14H18N4OS. The van der Waals surface area contributed by atoms with Crippen LogP contribution in [0.1, 0.15) is 23.3 Å². The third kappa shape index (κ3) is 2.35. The first-order valence-corrected chi connectivity index (χ1v) is 7.67. The van der Waals surface area contributed by atoms with Crippen LogP contribution in [0.2, 0.25) is 0 Å². The van der Waals surface area contributed by atoms with Crippen LogP contribution >= 0.6 is 11.3 Å². The van der Waals surface area contributed by atoms with Gasteiger partial charge in [-0.3, -0.25) is 4.79 Å². The second-order valence-electron chi connectivity index (χ2n) is 5.22. The van der Waals surface area contributed by atoms with Crippen LogP contribution in [0.15, 0.2) is 6.33 Å². The minimum atomic E-state index is 0.123. The molecule has 0 radical (unpaired) electrons. The van der Waals surface area contributed by atoms with Gasteiger partial charge in [-0.2, -0.15) is 0 Å². The van der Waals surface area contributed by atoms with Crippen molar-refractivity contribution in [1.82, 2.24) is 14.9 Å². The van der Waals surface area contributed by atoms with Gasteiger partial charge in [0.25, 0.3) is 0 Å². The molecule has 1 aliphatic rings. The Morgan fingerprint density at radius 3 is 3.05 bits per heavy atom. The lowest BCUT2D eigenvalue weighted by Gasteiger charge is -2.11. The first-order valence-electron chi connectivity index (χ1n) is 6.86. The maximum atomic E-state index is 11.6. The van der Waals surface area contributed by atoms with E-state index in [1.54, 1.807) is 36.7 Å². The normalized spacial score (nSPS) is 13.5. The molecule has 0 unspecified atom stereocenters. The Hall–Kier alpha value is -1.69. The molecule has 0 aromatic carbocycles. The van der Waals surface area contributed by atoms with Crippen molar-refractivity contribution in [2.75, 3.05) is 26.0 Å². The molecule has 2 aromatic rings. The van der Waals surface area contributed by atoms with Crippen LogP contribution in [0, 0.1) is 0 Å². The van der Waals surface area contributed by atoms with Crippen molar-refractivity contribution in [3.8, 4) is 0 Å². The van der Waals surface area contributed by atoms with E-state index < -0.39 is 0 Å². The highest BCUT2D eigenvalue weighted by Gasteiger charge is 2.21. The zero-order valence-corrected chi connectivity index (χ0v) is 12.6. The molecule has 0 atom stereocenters. The van der Waals surface area contributed by atoms with Gasteiger partial charge < -0.3 is 10.2 Å². The fourth-order valence-corrected chi connectivity index (χ4v) is 3.80. The number of thiophene rings is 1. The minimum absolute atomic E-state index is 0.123. The lowest BCUT2D eigenvalue weighted by Crippen LogP contribution is -2.24. The zero-order chi connectivity index (χ0) is 14.1. The fourth-order valence-electron chi connectivity index (χ4n) is 2.57. The molecule has 1 amide bonds. The Kier molecular flexibility index (Phi) is 3.56. The molecule has 1 aliphatic carbocycles. The summed E-state index contributed by atoms with van der Waals surface area (Å²) in [5.74, 6) is 0.999. The van der Waals surface area contributed by atoms with Gasteiger partial charge in [-0.1, -0.05) is 0 Å². The van der Waals surface area contributed by atoms with Crippen LogP contribution in [0.25, 0.3) is 10.2 Å². The van der Waals surface area contributed by atoms with Crippen LogP contribution < -0.4 is 5.32 Å². The largest absolute Gasteiger partial charge is 0.369 e. The summed E-state index contributed by atoms with van der Waals surface area (Å²) in [6.45, 7) is 0.605. The molecule has 20 heavy (non-hydrogen) atoms. The van der Waals surface area contributed by atoms with Gasteiger partial charge in [0.05, 0.1) is 5.39 Å². The molecule has 6 heteroatoms. The highest BCUT2D eigenvalue weighted by molar-refractivity contribution is 7.19. The van der Waals surface area contributed by atoms with Crippen molar-refractivity contribution >= 4 is 33.3 Å².